The summed E-state index contributed by atoms with van der Waals surface area (Å²) in [6.07, 6.45) is 6.93. The topological polar surface area (TPSA) is 26.7 Å². The number of aliphatic hydroxyl groups is 1. The van der Waals surface area contributed by atoms with Crippen molar-refractivity contribution in [3.63, 3.8) is 0 Å². The second-order valence-electron chi connectivity index (χ2n) is 2.52. The Morgan fingerprint density at radius 1 is 0.867 bits per heavy atom. The summed E-state index contributed by atoms with van der Waals surface area (Å²) in [5, 5.41) is 7.57. The minimum Gasteiger partial charge on any atom is -0.397 e. The lowest BCUT2D eigenvalue weighted by Gasteiger charge is -2.19. The van der Waals surface area contributed by atoms with Crippen LogP contribution in [-0.4, -0.2) is 34.6 Å². The summed E-state index contributed by atoms with van der Waals surface area (Å²) < 4.78 is 0. The van der Waals surface area contributed by atoms with E-state index in [0.717, 1.165) is 13.1 Å². The van der Waals surface area contributed by atoms with Gasteiger partial charge in [0, 0.05) is 19.7 Å². The van der Waals surface area contributed by atoms with Gasteiger partial charge in [-0.15, -0.1) is 0 Å². The van der Waals surface area contributed by atoms with Gasteiger partial charge in [0.2, 0.25) is 0 Å². The van der Waals surface area contributed by atoms with E-state index in [1.165, 1.54) is 0 Å². The van der Waals surface area contributed by atoms with Crippen molar-refractivity contribution in [2.45, 2.75) is 6.92 Å². The van der Waals surface area contributed by atoms with E-state index in [-0.39, 0.29) is 6.61 Å². The van der Waals surface area contributed by atoms with Crippen molar-refractivity contribution in [3.05, 3.63) is 51.1 Å². The standard InChI is InChI=1S/C10H16N2.C2H6O/c1-5-11(6-2)9-10-12(7-3)8-4;1-2-3/h5-8H,1-4,9-10H2;3H,2H2,1H3. The molecule has 0 aromatic carbocycles. The first-order chi connectivity index (χ1) is 7.19. The first-order valence-electron chi connectivity index (χ1n) is 4.82. The van der Waals surface area contributed by atoms with Gasteiger partial charge in [-0.05, 0) is 31.7 Å². The van der Waals surface area contributed by atoms with E-state index in [1.54, 1.807) is 31.7 Å². The molecule has 0 unspecified atom stereocenters. The van der Waals surface area contributed by atoms with Crippen molar-refractivity contribution < 1.29 is 5.11 Å². The van der Waals surface area contributed by atoms with Crippen LogP contribution in [0.3, 0.4) is 0 Å². The summed E-state index contributed by atoms with van der Waals surface area (Å²) in [6, 6.07) is 0. The quantitative estimate of drug-likeness (QED) is 0.697. The van der Waals surface area contributed by atoms with E-state index in [4.69, 9.17) is 5.11 Å². The van der Waals surface area contributed by atoms with Gasteiger partial charge >= 0.3 is 0 Å². The fourth-order valence-corrected chi connectivity index (χ4v) is 0.745. The zero-order valence-electron chi connectivity index (χ0n) is 9.60. The van der Waals surface area contributed by atoms with Crippen LogP contribution in [0.25, 0.3) is 0 Å². The number of hydrogen-bond acceptors (Lipinski definition) is 3. The highest BCUT2D eigenvalue weighted by Gasteiger charge is 1.94. The molecule has 0 rings (SSSR count). The largest absolute Gasteiger partial charge is 0.397 e. The van der Waals surface area contributed by atoms with Crippen LogP contribution in [0.2, 0.25) is 0 Å². The maximum atomic E-state index is 7.57. The first kappa shape index (κ1) is 16.0. The molecule has 3 nitrogen and oxygen atoms in total. The maximum absolute atomic E-state index is 7.57. The second-order valence-corrected chi connectivity index (χ2v) is 2.52. The lowest BCUT2D eigenvalue weighted by Crippen LogP contribution is -2.22. The molecule has 0 aliphatic carbocycles. The Morgan fingerprint density at radius 2 is 1.07 bits per heavy atom. The predicted octanol–water partition coefficient (Wildman–Crippen LogP) is 2.16. The Balaban J connectivity index is 0. The molecule has 0 radical (unpaired) electrons. The highest BCUT2D eigenvalue weighted by molar-refractivity contribution is 4.85. The van der Waals surface area contributed by atoms with E-state index in [2.05, 4.69) is 26.3 Å². The van der Waals surface area contributed by atoms with Crippen molar-refractivity contribution in [2.75, 3.05) is 19.7 Å². The minimum atomic E-state index is 0.250. The zero-order chi connectivity index (χ0) is 12.1. The summed E-state index contributed by atoms with van der Waals surface area (Å²) in [6.45, 7) is 18.2. The van der Waals surface area contributed by atoms with Crippen molar-refractivity contribution in [1.29, 1.82) is 0 Å². The molecule has 0 amide bonds. The molecule has 86 valence electrons. The normalized spacial score (nSPS) is 7.87. The van der Waals surface area contributed by atoms with Crippen molar-refractivity contribution >= 4 is 0 Å². The Kier molecular flexibility index (Phi) is 13.3. The Morgan fingerprint density at radius 3 is 1.20 bits per heavy atom. The Hall–Kier alpha value is -1.48. The third kappa shape index (κ3) is 10.4. The molecule has 0 aliphatic rings. The molecule has 0 aromatic rings. The first-order valence-corrected chi connectivity index (χ1v) is 4.82. The van der Waals surface area contributed by atoms with Crippen LogP contribution in [0, 0.1) is 0 Å². The summed E-state index contributed by atoms with van der Waals surface area (Å²) in [5.74, 6) is 0. The van der Waals surface area contributed by atoms with Gasteiger partial charge in [0.15, 0.2) is 0 Å². The summed E-state index contributed by atoms with van der Waals surface area (Å²) in [7, 11) is 0. The van der Waals surface area contributed by atoms with Gasteiger partial charge in [-0.1, -0.05) is 26.3 Å². The van der Waals surface area contributed by atoms with Gasteiger partial charge in [-0.25, -0.2) is 0 Å². The third-order valence-corrected chi connectivity index (χ3v) is 1.55. The number of aliphatic hydroxyl groups excluding tert-OH is 1. The second kappa shape index (κ2) is 12.5. The lowest BCUT2D eigenvalue weighted by molar-refractivity contribution is 0.318. The average molecular weight is 210 g/mol. The van der Waals surface area contributed by atoms with Crippen LogP contribution in [-0.2, 0) is 0 Å². The third-order valence-electron chi connectivity index (χ3n) is 1.55. The molecular weight excluding hydrogens is 188 g/mol. The van der Waals surface area contributed by atoms with Crippen LogP contribution >= 0.6 is 0 Å². The molecular formula is C12H22N2O. The maximum Gasteiger partial charge on any atom is 0.0402 e. The van der Waals surface area contributed by atoms with Crippen molar-refractivity contribution in [1.82, 2.24) is 9.80 Å². The molecule has 0 heterocycles. The van der Waals surface area contributed by atoms with E-state index in [9.17, 15) is 0 Å². The van der Waals surface area contributed by atoms with Crippen molar-refractivity contribution in [3.8, 4) is 0 Å². The van der Waals surface area contributed by atoms with Crippen LogP contribution in [0.4, 0.5) is 0 Å². The Labute approximate surface area is 93.3 Å². The van der Waals surface area contributed by atoms with E-state index < -0.39 is 0 Å². The fourth-order valence-electron chi connectivity index (χ4n) is 0.745. The molecule has 1 N–H and O–H groups in total. The molecule has 15 heavy (non-hydrogen) atoms. The van der Waals surface area contributed by atoms with E-state index in [1.807, 2.05) is 9.80 Å². The average Bonchev–Trinajstić information content (AvgIpc) is 2.26. The van der Waals surface area contributed by atoms with Gasteiger partial charge in [0.1, 0.15) is 0 Å². The molecule has 0 aliphatic heterocycles. The SMILES string of the molecule is C=CN(C=C)CCN(C=C)C=C.CCO. The molecule has 0 fully saturated rings. The molecule has 0 saturated heterocycles. The summed E-state index contributed by atoms with van der Waals surface area (Å²) in [4.78, 5) is 3.81. The number of rotatable bonds is 7. The summed E-state index contributed by atoms with van der Waals surface area (Å²) in [5.41, 5.74) is 0. The van der Waals surface area contributed by atoms with Gasteiger partial charge in [0.25, 0.3) is 0 Å². The van der Waals surface area contributed by atoms with Crippen molar-refractivity contribution in [2.24, 2.45) is 0 Å². The van der Waals surface area contributed by atoms with E-state index >= 15 is 0 Å². The highest BCUT2D eigenvalue weighted by Crippen LogP contribution is 1.93. The lowest BCUT2D eigenvalue weighted by atomic mass is 10.5. The number of nitrogens with zero attached hydrogens (tertiary/aromatic N) is 2. The molecule has 0 bridgehead atoms. The molecule has 0 aromatic heterocycles. The van der Waals surface area contributed by atoms with Gasteiger partial charge in [-0.3, -0.25) is 0 Å². The van der Waals surface area contributed by atoms with E-state index in [0.29, 0.717) is 0 Å². The van der Waals surface area contributed by atoms with Crippen LogP contribution in [0.5, 0.6) is 0 Å². The molecule has 0 saturated carbocycles. The van der Waals surface area contributed by atoms with Crippen LogP contribution in [0.15, 0.2) is 51.1 Å². The van der Waals surface area contributed by atoms with Gasteiger partial charge in [0.05, 0.1) is 0 Å². The zero-order valence-corrected chi connectivity index (χ0v) is 9.60. The summed E-state index contributed by atoms with van der Waals surface area (Å²) >= 11 is 0. The minimum absolute atomic E-state index is 0.250. The molecule has 0 spiro atoms. The smallest absolute Gasteiger partial charge is 0.0402 e. The van der Waals surface area contributed by atoms with Gasteiger partial charge in [-0.2, -0.15) is 0 Å². The highest BCUT2D eigenvalue weighted by atomic mass is 16.2. The molecule has 3 heteroatoms. The fraction of sp³-hybridized carbons (Fsp3) is 0.333. The monoisotopic (exact) mass is 210 g/mol. The van der Waals surface area contributed by atoms with Gasteiger partial charge < -0.3 is 14.9 Å². The molecule has 0 atom stereocenters. The number of hydrogen-bond donors (Lipinski definition) is 1. The van der Waals surface area contributed by atoms with Crippen LogP contribution < -0.4 is 0 Å². The Bertz CT molecular complexity index is 154. The predicted molar refractivity (Wildman–Crippen MR) is 67.0 cm³/mol. The van der Waals surface area contributed by atoms with Crippen LogP contribution in [0.1, 0.15) is 6.92 Å².